The molecular formula is C16H21ClFN3. The highest BCUT2D eigenvalue weighted by Crippen LogP contribution is 2.39. The Morgan fingerprint density at radius 1 is 1.29 bits per heavy atom. The van der Waals surface area contributed by atoms with Crippen molar-refractivity contribution < 1.29 is 4.39 Å². The number of anilines is 1. The number of benzene rings is 1. The van der Waals surface area contributed by atoms with Crippen LogP contribution in [0.2, 0.25) is 5.02 Å². The Hall–Kier alpha value is -1.55. The third-order valence-electron chi connectivity index (χ3n) is 3.71. The SMILES string of the molecule is CCCC(CCC)c1[nH]nc(N)c1-c1ccc(F)cc1Cl. The quantitative estimate of drug-likeness (QED) is 0.776. The maximum absolute atomic E-state index is 13.3. The van der Waals surface area contributed by atoms with Crippen molar-refractivity contribution in [3.8, 4) is 11.1 Å². The second-order valence-corrected chi connectivity index (χ2v) is 5.70. The molecule has 3 N–H and O–H groups in total. The lowest BCUT2D eigenvalue weighted by Crippen LogP contribution is -2.01. The number of halogens is 2. The minimum Gasteiger partial charge on any atom is -0.382 e. The Morgan fingerprint density at radius 3 is 2.52 bits per heavy atom. The second kappa shape index (κ2) is 6.94. The molecule has 2 rings (SSSR count). The summed E-state index contributed by atoms with van der Waals surface area (Å²) in [6, 6.07) is 4.37. The van der Waals surface area contributed by atoms with Crippen LogP contribution in [0.1, 0.15) is 51.1 Å². The van der Waals surface area contributed by atoms with Crippen molar-refractivity contribution >= 4 is 17.4 Å². The van der Waals surface area contributed by atoms with Crippen molar-refractivity contribution in [2.24, 2.45) is 0 Å². The summed E-state index contributed by atoms with van der Waals surface area (Å²) in [7, 11) is 0. The van der Waals surface area contributed by atoms with Crippen molar-refractivity contribution in [2.45, 2.75) is 45.4 Å². The highest BCUT2D eigenvalue weighted by molar-refractivity contribution is 6.33. The first-order valence-corrected chi connectivity index (χ1v) is 7.75. The number of H-pyrrole nitrogens is 1. The molecule has 1 aromatic carbocycles. The predicted octanol–water partition coefficient (Wildman–Crippen LogP) is 5.14. The van der Waals surface area contributed by atoms with Crippen molar-refractivity contribution in [1.82, 2.24) is 10.2 Å². The van der Waals surface area contributed by atoms with E-state index in [1.165, 1.54) is 12.1 Å². The summed E-state index contributed by atoms with van der Waals surface area (Å²) < 4.78 is 13.3. The van der Waals surface area contributed by atoms with Crippen LogP contribution in [0.5, 0.6) is 0 Å². The van der Waals surface area contributed by atoms with E-state index < -0.39 is 0 Å². The molecule has 0 radical (unpaired) electrons. The number of nitrogens with one attached hydrogen (secondary N) is 1. The Morgan fingerprint density at radius 2 is 1.95 bits per heavy atom. The summed E-state index contributed by atoms with van der Waals surface area (Å²) in [5.74, 6) is 0.419. The Bertz CT molecular complexity index is 604. The van der Waals surface area contributed by atoms with E-state index >= 15 is 0 Å². The van der Waals surface area contributed by atoms with E-state index in [4.69, 9.17) is 17.3 Å². The van der Waals surface area contributed by atoms with E-state index in [2.05, 4.69) is 24.0 Å². The van der Waals surface area contributed by atoms with Gasteiger partial charge in [-0.3, -0.25) is 5.10 Å². The lowest BCUT2D eigenvalue weighted by atomic mass is 9.90. The Kier molecular flexibility index (Phi) is 5.23. The summed E-state index contributed by atoms with van der Waals surface area (Å²) in [6.45, 7) is 4.32. The summed E-state index contributed by atoms with van der Waals surface area (Å²) in [5, 5.41) is 7.56. The number of aromatic nitrogens is 2. The third-order valence-corrected chi connectivity index (χ3v) is 4.02. The van der Waals surface area contributed by atoms with Gasteiger partial charge in [0.05, 0.1) is 5.02 Å². The lowest BCUT2D eigenvalue weighted by Gasteiger charge is -2.16. The minimum atomic E-state index is -0.356. The van der Waals surface area contributed by atoms with Gasteiger partial charge in [0.2, 0.25) is 0 Å². The molecule has 0 bridgehead atoms. The zero-order valence-corrected chi connectivity index (χ0v) is 13.2. The number of nitrogen functional groups attached to an aromatic ring is 1. The molecule has 114 valence electrons. The van der Waals surface area contributed by atoms with Gasteiger partial charge >= 0.3 is 0 Å². The lowest BCUT2D eigenvalue weighted by molar-refractivity contribution is 0.548. The van der Waals surface area contributed by atoms with Crippen molar-refractivity contribution in [3.05, 3.63) is 34.7 Å². The standard InChI is InChI=1S/C16H21ClFN3/c1-3-5-10(6-4-2)15-14(16(19)21-20-15)12-8-7-11(18)9-13(12)17/h7-10H,3-6H2,1-2H3,(H3,19,20,21). The van der Waals surface area contributed by atoms with E-state index in [0.717, 1.165) is 42.5 Å². The molecule has 0 saturated carbocycles. The molecule has 1 heterocycles. The zero-order valence-electron chi connectivity index (χ0n) is 12.4. The normalized spacial score (nSPS) is 11.3. The van der Waals surface area contributed by atoms with Crippen LogP contribution in [-0.2, 0) is 0 Å². The largest absolute Gasteiger partial charge is 0.382 e. The summed E-state index contributed by atoms with van der Waals surface area (Å²) in [6.07, 6.45) is 4.28. The molecule has 1 aromatic heterocycles. The number of hydrogen-bond acceptors (Lipinski definition) is 2. The first-order valence-electron chi connectivity index (χ1n) is 7.37. The Balaban J connectivity index is 2.50. The van der Waals surface area contributed by atoms with Crippen LogP contribution in [0, 0.1) is 5.82 Å². The average molecular weight is 310 g/mol. The van der Waals surface area contributed by atoms with Gasteiger partial charge < -0.3 is 5.73 Å². The molecule has 5 heteroatoms. The fourth-order valence-corrected chi connectivity index (χ4v) is 3.03. The maximum Gasteiger partial charge on any atom is 0.153 e. The van der Waals surface area contributed by atoms with Crippen molar-refractivity contribution in [2.75, 3.05) is 5.73 Å². The zero-order chi connectivity index (χ0) is 15.4. The number of nitrogens with two attached hydrogens (primary N) is 1. The van der Waals surface area contributed by atoms with Gasteiger partial charge in [0.1, 0.15) is 5.82 Å². The molecular weight excluding hydrogens is 289 g/mol. The first-order chi connectivity index (χ1) is 10.1. The van der Waals surface area contributed by atoms with Gasteiger partial charge in [0, 0.05) is 22.7 Å². The summed E-state index contributed by atoms with van der Waals surface area (Å²) in [4.78, 5) is 0. The molecule has 0 aliphatic rings. The topological polar surface area (TPSA) is 54.7 Å². The van der Waals surface area contributed by atoms with Gasteiger partial charge in [-0.05, 0) is 31.0 Å². The number of hydrogen-bond donors (Lipinski definition) is 2. The van der Waals surface area contributed by atoms with Crippen LogP contribution >= 0.6 is 11.6 Å². The van der Waals surface area contributed by atoms with Crippen LogP contribution in [0.25, 0.3) is 11.1 Å². The fraction of sp³-hybridized carbons (Fsp3) is 0.438. The molecule has 21 heavy (non-hydrogen) atoms. The van der Waals surface area contributed by atoms with Crippen LogP contribution < -0.4 is 5.73 Å². The number of nitrogens with zero attached hydrogens (tertiary/aromatic N) is 1. The average Bonchev–Trinajstić information content (AvgIpc) is 2.80. The fourth-order valence-electron chi connectivity index (χ4n) is 2.77. The van der Waals surface area contributed by atoms with E-state index in [0.29, 0.717) is 16.8 Å². The highest BCUT2D eigenvalue weighted by atomic mass is 35.5. The van der Waals surface area contributed by atoms with Crippen LogP contribution in [0.15, 0.2) is 18.2 Å². The van der Waals surface area contributed by atoms with Gasteiger partial charge in [-0.1, -0.05) is 38.3 Å². The van der Waals surface area contributed by atoms with Crippen LogP contribution in [0.4, 0.5) is 10.2 Å². The maximum atomic E-state index is 13.3. The predicted molar refractivity (Wildman–Crippen MR) is 86.0 cm³/mol. The first kappa shape index (κ1) is 15.8. The molecule has 2 aromatic rings. The molecule has 0 unspecified atom stereocenters. The van der Waals surface area contributed by atoms with E-state index in [9.17, 15) is 4.39 Å². The monoisotopic (exact) mass is 309 g/mol. The summed E-state index contributed by atoms with van der Waals surface area (Å²) in [5.41, 5.74) is 8.56. The van der Waals surface area contributed by atoms with Crippen LogP contribution in [0.3, 0.4) is 0 Å². The molecule has 3 nitrogen and oxygen atoms in total. The van der Waals surface area contributed by atoms with Crippen LogP contribution in [-0.4, -0.2) is 10.2 Å². The van der Waals surface area contributed by atoms with Crippen molar-refractivity contribution in [1.29, 1.82) is 0 Å². The van der Waals surface area contributed by atoms with E-state index in [1.54, 1.807) is 6.07 Å². The summed E-state index contributed by atoms with van der Waals surface area (Å²) >= 11 is 6.19. The molecule has 0 spiro atoms. The van der Waals surface area contributed by atoms with Gasteiger partial charge in [0.15, 0.2) is 5.82 Å². The molecule has 0 fully saturated rings. The number of aromatic amines is 1. The Labute approximate surface area is 129 Å². The highest BCUT2D eigenvalue weighted by Gasteiger charge is 2.22. The van der Waals surface area contributed by atoms with Gasteiger partial charge in [-0.15, -0.1) is 0 Å². The molecule has 0 saturated heterocycles. The van der Waals surface area contributed by atoms with Crippen molar-refractivity contribution in [3.63, 3.8) is 0 Å². The number of rotatable bonds is 6. The van der Waals surface area contributed by atoms with Gasteiger partial charge in [-0.2, -0.15) is 5.10 Å². The smallest absolute Gasteiger partial charge is 0.153 e. The second-order valence-electron chi connectivity index (χ2n) is 5.30. The van der Waals surface area contributed by atoms with E-state index in [1.807, 2.05) is 0 Å². The van der Waals surface area contributed by atoms with Gasteiger partial charge in [0.25, 0.3) is 0 Å². The molecule has 0 amide bonds. The molecule has 0 aliphatic carbocycles. The molecule has 0 atom stereocenters. The minimum absolute atomic E-state index is 0.356. The van der Waals surface area contributed by atoms with E-state index in [-0.39, 0.29) is 5.82 Å². The van der Waals surface area contributed by atoms with Gasteiger partial charge in [-0.25, -0.2) is 4.39 Å². The molecule has 0 aliphatic heterocycles. The third kappa shape index (κ3) is 3.38.